The number of amides is 1. The third-order valence-corrected chi connectivity index (χ3v) is 3.22. The van der Waals surface area contributed by atoms with Crippen LogP contribution in [-0.4, -0.2) is 29.7 Å². The highest BCUT2D eigenvalue weighted by Gasteiger charge is 2.42. The summed E-state index contributed by atoms with van der Waals surface area (Å²) in [5.74, 6) is 0.0560. The fourth-order valence-electron chi connectivity index (χ4n) is 2.33. The molecule has 3 nitrogen and oxygen atoms in total. The van der Waals surface area contributed by atoms with Gasteiger partial charge in [0, 0.05) is 11.0 Å². The molecule has 1 aliphatic rings. The lowest BCUT2D eigenvalue weighted by molar-refractivity contribution is -0.0374. The van der Waals surface area contributed by atoms with Gasteiger partial charge in [-0.05, 0) is 19.1 Å². The Morgan fingerprint density at radius 3 is 2.44 bits per heavy atom. The number of rotatable bonds is 1. The van der Waals surface area contributed by atoms with Crippen molar-refractivity contribution in [2.24, 2.45) is 5.41 Å². The molecule has 0 aromatic heterocycles. The average molecular weight is 247 g/mol. The summed E-state index contributed by atoms with van der Waals surface area (Å²) in [6.45, 7) is 8.94. The van der Waals surface area contributed by atoms with Gasteiger partial charge in [0.25, 0.3) is 5.91 Å². The lowest BCUT2D eigenvalue weighted by Crippen LogP contribution is -2.46. The predicted molar refractivity (Wildman–Crippen MR) is 71.3 cm³/mol. The molecular weight excluding hydrogens is 226 g/mol. The minimum Gasteiger partial charge on any atom is -0.356 e. The third-order valence-electron chi connectivity index (χ3n) is 3.22. The minimum atomic E-state index is -0.153. The molecule has 0 spiro atoms. The van der Waals surface area contributed by atoms with Crippen LogP contribution in [0.15, 0.2) is 30.3 Å². The monoisotopic (exact) mass is 247 g/mol. The van der Waals surface area contributed by atoms with Crippen LogP contribution in [0.4, 0.5) is 0 Å². The standard InChI is InChI=1S/C15H21NO2/c1-11-10-18-14(15(2,3)4)16(11)13(17)12-8-6-5-7-9-12/h5-9,11,14H,10H2,1-4H3. The maximum atomic E-state index is 12.6. The van der Waals surface area contributed by atoms with Gasteiger partial charge in [-0.2, -0.15) is 0 Å². The van der Waals surface area contributed by atoms with E-state index in [1.54, 1.807) is 0 Å². The molecule has 0 aliphatic carbocycles. The van der Waals surface area contributed by atoms with Crippen LogP contribution in [0.5, 0.6) is 0 Å². The maximum absolute atomic E-state index is 12.6. The van der Waals surface area contributed by atoms with Crippen LogP contribution in [0.2, 0.25) is 0 Å². The van der Waals surface area contributed by atoms with Gasteiger partial charge in [-0.25, -0.2) is 0 Å². The summed E-state index contributed by atoms with van der Waals surface area (Å²) in [5.41, 5.74) is 0.652. The number of nitrogens with zero attached hydrogens (tertiary/aromatic N) is 1. The van der Waals surface area contributed by atoms with Gasteiger partial charge in [0.1, 0.15) is 6.23 Å². The Morgan fingerprint density at radius 2 is 1.89 bits per heavy atom. The van der Waals surface area contributed by atoms with E-state index in [4.69, 9.17) is 4.74 Å². The second kappa shape index (κ2) is 4.73. The molecule has 2 unspecified atom stereocenters. The summed E-state index contributed by atoms with van der Waals surface area (Å²) in [7, 11) is 0. The van der Waals surface area contributed by atoms with E-state index in [2.05, 4.69) is 20.8 Å². The molecule has 2 atom stereocenters. The van der Waals surface area contributed by atoms with Crippen LogP contribution in [0, 0.1) is 5.41 Å². The van der Waals surface area contributed by atoms with Gasteiger partial charge in [0.15, 0.2) is 0 Å². The Hall–Kier alpha value is -1.35. The van der Waals surface area contributed by atoms with Crippen molar-refractivity contribution >= 4 is 5.91 Å². The fourth-order valence-corrected chi connectivity index (χ4v) is 2.33. The van der Waals surface area contributed by atoms with Crippen LogP contribution >= 0.6 is 0 Å². The number of carbonyl (C=O) groups excluding carboxylic acids is 1. The van der Waals surface area contributed by atoms with Gasteiger partial charge in [0.2, 0.25) is 0 Å². The van der Waals surface area contributed by atoms with Crippen molar-refractivity contribution in [1.82, 2.24) is 4.90 Å². The van der Waals surface area contributed by atoms with Crippen LogP contribution in [0.1, 0.15) is 38.1 Å². The Morgan fingerprint density at radius 1 is 1.28 bits per heavy atom. The number of ether oxygens (including phenoxy) is 1. The molecule has 0 radical (unpaired) electrons. The highest BCUT2D eigenvalue weighted by Crippen LogP contribution is 2.32. The summed E-state index contributed by atoms with van der Waals surface area (Å²) in [6.07, 6.45) is -0.153. The van der Waals surface area contributed by atoms with Crippen molar-refractivity contribution in [2.75, 3.05) is 6.61 Å². The maximum Gasteiger partial charge on any atom is 0.256 e. The van der Waals surface area contributed by atoms with E-state index in [0.717, 1.165) is 5.56 Å². The fraction of sp³-hybridized carbons (Fsp3) is 0.533. The van der Waals surface area contributed by atoms with Crippen molar-refractivity contribution < 1.29 is 9.53 Å². The predicted octanol–water partition coefficient (Wildman–Crippen LogP) is 2.92. The third kappa shape index (κ3) is 2.41. The normalized spacial score (nSPS) is 24.3. The summed E-state index contributed by atoms with van der Waals surface area (Å²) in [5, 5.41) is 0. The molecule has 2 rings (SSSR count). The summed E-state index contributed by atoms with van der Waals surface area (Å²) in [4.78, 5) is 14.4. The van der Waals surface area contributed by atoms with Gasteiger partial charge in [-0.15, -0.1) is 0 Å². The molecule has 1 aliphatic heterocycles. The van der Waals surface area contributed by atoms with E-state index in [-0.39, 0.29) is 23.6 Å². The lowest BCUT2D eigenvalue weighted by atomic mass is 9.93. The van der Waals surface area contributed by atoms with Gasteiger partial charge in [-0.1, -0.05) is 39.0 Å². The zero-order chi connectivity index (χ0) is 13.3. The highest BCUT2D eigenvalue weighted by atomic mass is 16.5. The Balaban J connectivity index is 2.28. The van der Waals surface area contributed by atoms with Crippen LogP contribution in [0.3, 0.4) is 0 Å². The topological polar surface area (TPSA) is 29.5 Å². The summed E-state index contributed by atoms with van der Waals surface area (Å²) in [6, 6.07) is 9.53. The quantitative estimate of drug-likeness (QED) is 0.763. The molecule has 1 amide bonds. The van der Waals surface area contributed by atoms with Crippen molar-refractivity contribution in [3.05, 3.63) is 35.9 Å². The Kier molecular flexibility index (Phi) is 3.44. The van der Waals surface area contributed by atoms with E-state index in [0.29, 0.717) is 6.61 Å². The minimum absolute atomic E-state index is 0.0560. The summed E-state index contributed by atoms with van der Waals surface area (Å²) < 4.78 is 5.79. The van der Waals surface area contributed by atoms with Gasteiger partial charge < -0.3 is 9.64 Å². The van der Waals surface area contributed by atoms with E-state index in [9.17, 15) is 4.79 Å². The Labute approximate surface area is 109 Å². The first kappa shape index (κ1) is 13.1. The van der Waals surface area contributed by atoms with E-state index in [1.807, 2.05) is 42.2 Å². The van der Waals surface area contributed by atoms with E-state index < -0.39 is 0 Å². The number of hydrogen-bond donors (Lipinski definition) is 0. The molecule has 0 N–H and O–H groups in total. The van der Waals surface area contributed by atoms with E-state index >= 15 is 0 Å². The molecule has 0 bridgehead atoms. The molecule has 0 saturated carbocycles. The van der Waals surface area contributed by atoms with Crippen molar-refractivity contribution in [3.63, 3.8) is 0 Å². The van der Waals surface area contributed by atoms with Crippen molar-refractivity contribution in [2.45, 2.75) is 40.0 Å². The molecule has 98 valence electrons. The smallest absolute Gasteiger partial charge is 0.256 e. The molecule has 18 heavy (non-hydrogen) atoms. The molecule has 1 aromatic carbocycles. The molecule has 1 heterocycles. The second-order valence-electron chi connectivity index (χ2n) is 5.98. The molecular formula is C15H21NO2. The van der Waals surface area contributed by atoms with Crippen LogP contribution < -0.4 is 0 Å². The van der Waals surface area contributed by atoms with Crippen molar-refractivity contribution in [3.8, 4) is 0 Å². The van der Waals surface area contributed by atoms with Gasteiger partial charge in [-0.3, -0.25) is 4.79 Å². The van der Waals surface area contributed by atoms with Crippen LogP contribution in [0.25, 0.3) is 0 Å². The molecule has 1 saturated heterocycles. The second-order valence-corrected chi connectivity index (χ2v) is 5.98. The average Bonchev–Trinajstić information content (AvgIpc) is 2.71. The molecule has 1 fully saturated rings. The number of benzene rings is 1. The first-order valence-corrected chi connectivity index (χ1v) is 6.40. The largest absolute Gasteiger partial charge is 0.356 e. The molecule has 3 heteroatoms. The first-order valence-electron chi connectivity index (χ1n) is 6.40. The SMILES string of the molecule is CC1COC(C(C)(C)C)N1C(=O)c1ccccc1. The molecule has 1 aromatic rings. The zero-order valence-corrected chi connectivity index (χ0v) is 11.5. The Bertz CT molecular complexity index is 422. The van der Waals surface area contributed by atoms with Crippen LogP contribution in [-0.2, 0) is 4.74 Å². The first-order chi connectivity index (χ1) is 8.41. The number of carbonyl (C=O) groups is 1. The number of hydrogen-bond acceptors (Lipinski definition) is 2. The van der Waals surface area contributed by atoms with Crippen molar-refractivity contribution in [1.29, 1.82) is 0 Å². The lowest BCUT2D eigenvalue weighted by Gasteiger charge is -2.35. The highest BCUT2D eigenvalue weighted by molar-refractivity contribution is 5.94. The van der Waals surface area contributed by atoms with Gasteiger partial charge >= 0.3 is 0 Å². The van der Waals surface area contributed by atoms with E-state index in [1.165, 1.54) is 0 Å². The summed E-state index contributed by atoms with van der Waals surface area (Å²) >= 11 is 0. The zero-order valence-electron chi connectivity index (χ0n) is 11.5. The van der Waals surface area contributed by atoms with Gasteiger partial charge in [0.05, 0.1) is 12.6 Å².